The fraction of sp³-hybridized carbons (Fsp3) is 0.280. The van der Waals surface area contributed by atoms with Crippen LogP contribution in [0.3, 0.4) is 0 Å². The van der Waals surface area contributed by atoms with E-state index in [0.29, 0.717) is 30.3 Å². The average Bonchev–Trinajstić information content (AvgIpc) is 3.26. The number of likely N-dealkylation sites (N-methyl/N-ethyl adjacent to an activating group) is 1. The molecular weight excluding hydrogens is 424 g/mol. The summed E-state index contributed by atoms with van der Waals surface area (Å²) in [5.74, 6) is -0.108. The van der Waals surface area contributed by atoms with E-state index in [9.17, 15) is 9.59 Å². The van der Waals surface area contributed by atoms with Crippen LogP contribution in [0.5, 0.6) is 0 Å². The molecule has 1 aliphatic heterocycles. The Hall–Kier alpha value is -3.25. The van der Waals surface area contributed by atoms with Crippen LogP contribution < -0.4 is 5.32 Å². The average molecular weight is 451 g/mol. The standard InChI is InChI=1S/C25H27ClN4O2/c1-3-28(25(32)27-19-9-6-8-18(2)16-19)17-23(31)30-15-14-29-13-7-12-22(29)24(30)20-10-4-5-11-21(20)26/h4-13,16,24H,3,14-15,17H2,1-2H3,(H,27,32). The first-order chi connectivity index (χ1) is 15.5. The summed E-state index contributed by atoms with van der Waals surface area (Å²) in [5.41, 5.74) is 3.67. The molecule has 1 unspecified atom stereocenters. The number of aromatic nitrogens is 1. The van der Waals surface area contributed by atoms with Crippen molar-refractivity contribution in [1.29, 1.82) is 0 Å². The van der Waals surface area contributed by atoms with Gasteiger partial charge >= 0.3 is 6.03 Å². The van der Waals surface area contributed by atoms with Crippen molar-refractivity contribution in [3.63, 3.8) is 0 Å². The van der Waals surface area contributed by atoms with E-state index in [1.165, 1.54) is 4.90 Å². The molecular formula is C25H27ClN4O2. The number of amides is 3. The lowest BCUT2D eigenvalue weighted by atomic mass is 9.99. The minimum absolute atomic E-state index is 0.00416. The van der Waals surface area contributed by atoms with Gasteiger partial charge in [0.15, 0.2) is 0 Å². The van der Waals surface area contributed by atoms with Crippen LogP contribution in [-0.2, 0) is 11.3 Å². The Labute approximate surface area is 193 Å². The van der Waals surface area contributed by atoms with Gasteiger partial charge in [-0.25, -0.2) is 4.79 Å². The molecule has 0 fully saturated rings. The Balaban J connectivity index is 1.55. The lowest BCUT2D eigenvalue weighted by molar-refractivity contribution is -0.134. The second kappa shape index (κ2) is 9.49. The van der Waals surface area contributed by atoms with E-state index in [1.807, 2.05) is 85.6 Å². The third-order valence-corrected chi connectivity index (χ3v) is 6.17. The van der Waals surface area contributed by atoms with E-state index >= 15 is 0 Å². The maximum absolute atomic E-state index is 13.5. The number of nitrogens with zero attached hydrogens (tertiary/aromatic N) is 3. The molecule has 1 aliphatic rings. The molecule has 7 heteroatoms. The zero-order valence-corrected chi connectivity index (χ0v) is 19.0. The molecule has 0 saturated heterocycles. The van der Waals surface area contributed by atoms with Crippen molar-refractivity contribution >= 4 is 29.2 Å². The monoisotopic (exact) mass is 450 g/mol. The van der Waals surface area contributed by atoms with E-state index in [1.54, 1.807) is 0 Å². The highest BCUT2D eigenvalue weighted by Crippen LogP contribution is 2.36. The summed E-state index contributed by atoms with van der Waals surface area (Å²) in [5, 5.41) is 3.52. The number of hydrogen-bond donors (Lipinski definition) is 1. The molecule has 4 rings (SSSR count). The number of urea groups is 1. The van der Waals surface area contributed by atoms with Gasteiger partial charge in [-0.3, -0.25) is 4.79 Å². The predicted octanol–water partition coefficient (Wildman–Crippen LogP) is 4.94. The Morgan fingerprint density at radius 2 is 1.91 bits per heavy atom. The molecule has 0 saturated carbocycles. The first-order valence-corrected chi connectivity index (χ1v) is 11.2. The van der Waals surface area contributed by atoms with Crippen LogP contribution >= 0.6 is 11.6 Å². The molecule has 0 aliphatic carbocycles. The fourth-order valence-corrected chi connectivity index (χ4v) is 4.42. The Morgan fingerprint density at radius 1 is 1.09 bits per heavy atom. The summed E-state index contributed by atoms with van der Waals surface area (Å²) < 4.78 is 2.15. The zero-order chi connectivity index (χ0) is 22.7. The van der Waals surface area contributed by atoms with Crippen molar-refractivity contribution in [1.82, 2.24) is 14.4 Å². The summed E-state index contributed by atoms with van der Waals surface area (Å²) in [6, 6.07) is 18.6. The molecule has 32 heavy (non-hydrogen) atoms. The number of benzene rings is 2. The van der Waals surface area contributed by atoms with Gasteiger partial charge in [0.05, 0.1) is 6.04 Å². The Bertz CT molecular complexity index is 1130. The van der Waals surface area contributed by atoms with Crippen LogP contribution in [-0.4, -0.2) is 45.9 Å². The van der Waals surface area contributed by atoms with Crippen LogP contribution in [0.25, 0.3) is 0 Å². The molecule has 3 amide bonds. The van der Waals surface area contributed by atoms with Crippen LogP contribution in [0, 0.1) is 6.92 Å². The third kappa shape index (κ3) is 4.50. The minimum atomic E-state index is -0.293. The highest BCUT2D eigenvalue weighted by molar-refractivity contribution is 6.31. The fourth-order valence-electron chi connectivity index (χ4n) is 4.18. The van der Waals surface area contributed by atoms with Gasteiger partial charge < -0.3 is 19.7 Å². The van der Waals surface area contributed by atoms with Crippen LogP contribution in [0.2, 0.25) is 5.02 Å². The van der Waals surface area contributed by atoms with Gasteiger partial charge in [0, 0.05) is 42.2 Å². The largest absolute Gasteiger partial charge is 0.348 e. The molecule has 2 heterocycles. The number of halogens is 1. The number of nitrogens with one attached hydrogen (secondary N) is 1. The van der Waals surface area contributed by atoms with Crippen molar-refractivity contribution in [2.75, 3.05) is 25.0 Å². The van der Waals surface area contributed by atoms with Gasteiger partial charge in [-0.1, -0.05) is 41.9 Å². The summed E-state index contributed by atoms with van der Waals surface area (Å²) in [6.45, 7) is 5.51. The number of carbonyl (C=O) groups excluding carboxylic acids is 2. The van der Waals surface area contributed by atoms with Gasteiger partial charge in [0.1, 0.15) is 6.54 Å². The van der Waals surface area contributed by atoms with Gasteiger partial charge in [0.25, 0.3) is 0 Å². The Kier molecular flexibility index (Phi) is 6.51. The summed E-state index contributed by atoms with van der Waals surface area (Å²) in [6.07, 6.45) is 2.02. The van der Waals surface area contributed by atoms with Crippen LogP contribution in [0.4, 0.5) is 10.5 Å². The number of rotatable bonds is 5. The molecule has 1 atom stereocenters. The predicted molar refractivity (Wildman–Crippen MR) is 127 cm³/mol. The molecule has 0 bridgehead atoms. The molecule has 3 aromatic rings. The second-order valence-corrected chi connectivity index (χ2v) is 8.36. The minimum Gasteiger partial charge on any atom is -0.348 e. The third-order valence-electron chi connectivity index (χ3n) is 5.82. The molecule has 6 nitrogen and oxygen atoms in total. The lowest BCUT2D eigenvalue weighted by Crippen LogP contribution is -2.48. The van der Waals surface area contributed by atoms with Crippen LogP contribution in [0.15, 0.2) is 66.9 Å². The van der Waals surface area contributed by atoms with Crippen molar-refractivity contribution in [2.45, 2.75) is 26.4 Å². The maximum atomic E-state index is 13.5. The van der Waals surface area contributed by atoms with Gasteiger partial charge in [-0.15, -0.1) is 0 Å². The molecule has 1 aromatic heterocycles. The topological polar surface area (TPSA) is 57.6 Å². The van der Waals surface area contributed by atoms with Gasteiger partial charge in [-0.2, -0.15) is 0 Å². The van der Waals surface area contributed by atoms with Gasteiger partial charge in [-0.05, 0) is 55.3 Å². The van der Waals surface area contributed by atoms with Crippen molar-refractivity contribution in [2.24, 2.45) is 0 Å². The lowest BCUT2D eigenvalue weighted by Gasteiger charge is -2.38. The number of fused-ring (bicyclic) bond motifs is 1. The normalized spacial score (nSPS) is 15.2. The quantitative estimate of drug-likeness (QED) is 0.598. The summed E-state index contributed by atoms with van der Waals surface area (Å²) >= 11 is 6.53. The SMILES string of the molecule is CCN(CC(=O)N1CCn2cccc2C1c1ccccc1Cl)C(=O)Nc1cccc(C)c1. The highest BCUT2D eigenvalue weighted by Gasteiger charge is 2.34. The first kappa shape index (κ1) is 22.0. The maximum Gasteiger partial charge on any atom is 0.322 e. The molecule has 0 radical (unpaired) electrons. The first-order valence-electron chi connectivity index (χ1n) is 10.8. The smallest absolute Gasteiger partial charge is 0.322 e. The van der Waals surface area contributed by atoms with Gasteiger partial charge in [0.2, 0.25) is 5.91 Å². The second-order valence-electron chi connectivity index (χ2n) is 7.95. The molecule has 166 valence electrons. The van der Waals surface area contributed by atoms with Crippen LogP contribution in [0.1, 0.15) is 29.8 Å². The molecule has 1 N–H and O–H groups in total. The van der Waals surface area contributed by atoms with E-state index in [4.69, 9.17) is 11.6 Å². The number of anilines is 1. The van der Waals surface area contributed by atoms with E-state index in [2.05, 4.69) is 9.88 Å². The number of carbonyl (C=O) groups is 2. The Morgan fingerprint density at radius 3 is 2.66 bits per heavy atom. The highest BCUT2D eigenvalue weighted by atomic mass is 35.5. The van der Waals surface area contributed by atoms with E-state index < -0.39 is 0 Å². The molecule has 2 aromatic carbocycles. The van der Waals surface area contributed by atoms with Crippen molar-refractivity contribution in [3.05, 3.63) is 88.7 Å². The van der Waals surface area contributed by atoms with E-state index in [-0.39, 0.29) is 24.5 Å². The zero-order valence-electron chi connectivity index (χ0n) is 18.3. The van der Waals surface area contributed by atoms with Crippen molar-refractivity contribution in [3.8, 4) is 0 Å². The van der Waals surface area contributed by atoms with E-state index in [0.717, 1.165) is 16.8 Å². The molecule has 0 spiro atoms. The number of aryl methyl sites for hydroxylation is 1. The number of hydrogen-bond acceptors (Lipinski definition) is 2. The summed E-state index contributed by atoms with van der Waals surface area (Å²) in [7, 11) is 0. The van der Waals surface area contributed by atoms with Crippen molar-refractivity contribution < 1.29 is 9.59 Å². The summed E-state index contributed by atoms with van der Waals surface area (Å²) in [4.78, 5) is 29.7.